The molecular formula is C31H50O3. The molecule has 3 atom stereocenters. The van der Waals surface area contributed by atoms with Crippen LogP contribution in [-0.4, -0.2) is 11.6 Å². The first kappa shape index (κ1) is 28.5. The van der Waals surface area contributed by atoms with Gasteiger partial charge in [-0.1, -0.05) is 78.7 Å². The van der Waals surface area contributed by atoms with Crippen LogP contribution in [0.1, 0.15) is 122 Å². The van der Waals surface area contributed by atoms with Crippen LogP contribution in [0, 0.1) is 38.5 Å². The van der Waals surface area contributed by atoms with E-state index in [1.165, 1.54) is 58.3 Å². The zero-order valence-electron chi connectivity index (χ0n) is 23.5. The van der Waals surface area contributed by atoms with Crippen LogP contribution >= 0.6 is 0 Å². The number of fused-ring (bicyclic) bond motifs is 1. The zero-order chi connectivity index (χ0) is 25.5. The summed E-state index contributed by atoms with van der Waals surface area (Å²) < 4.78 is 12.1. The number of rotatable bonds is 13. The fraction of sp³-hybridized carbons (Fsp3) is 0.710. The van der Waals surface area contributed by atoms with Crippen molar-refractivity contribution in [2.75, 3.05) is 0 Å². The standard InChI is InChI=1S/C31H50O3/c1-21(2)13-10-14-22(3)15-11-16-23(4)17-12-19-31(9)20-18-28-26(7)29(33-27(8)32)24(5)25(6)30(28)34-31/h18,20-23H,10-17,19H2,1-9H3/t22-,23-,31-/m1/s1. The van der Waals surface area contributed by atoms with E-state index in [2.05, 4.69) is 53.7 Å². The third kappa shape index (κ3) is 8.17. The monoisotopic (exact) mass is 470 g/mol. The lowest BCUT2D eigenvalue weighted by molar-refractivity contribution is -0.132. The van der Waals surface area contributed by atoms with Crippen LogP contribution in [-0.2, 0) is 4.79 Å². The highest BCUT2D eigenvalue weighted by atomic mass is 16.5. The molecule has 0 spiro atoms. The molecule has 1 aliphatic rings. The molecular weight excluding hydrogens is 420 g/mol. The summed E-state index contributed by atoms with van der Waals surface area (Å²) in [5.41, 5.74) is 3.76. The number of hydrogen-bond acceptors (Lipinski definition) is 3. The Morgan fingerprint density at radius 2 is 1.44 bits per heavy atom. The first-order chi connectivity index (χ1) is 15.9. The summed E-state index contributed by atoms with van der Waals surface area (Å²) in [4.78, 5) is 11.6. The number of esters is 1. The van der Waals surface area contributed by atoms with E-state index >= 15 is 0 Å². The minimum absolute atomic E-state index is 0.286. The van der Waals surface area contributed by atoms with Crippen molar-refractivity contribution < 1.29 is 14.3 Å². The minimum Gasteiger partial charge on any atom is -0.483 e. The molecule has 0 bridgehead atoms. The molecule has 0 saturated carbocycles. The smallest absolute Gasteiger partial charge is 0.308 e. The van der Waals surface area contributed by atoms with Crippen molar-refractivity contribution in [2.45, 2.75) is 126 Å². The first-order valence-electron chi connectivity index (χ1n) is 13.6. The van der Waals surface area contributed by atoms with E-state index in [0.29, 0.717) is 5.75 Å². The molecule has 3 nitrogen and oxygen atoms in total. The van der Waals surface area contributed by atoms with Gasteiger partial charge in [0.15, 0.2) is 0 Å². The molecule has 0 aliphatic carbocycles. The van der Waals surface area contributed by atoms with Gasteiger partial charge >= 0.3 is 5.97 Å². The van der Waals surface area contributed by atoms with Crippen LogP contribution in [0.25, 0.3) is 6.08 Å². The van der Waals surface area contributed by atoms with Crippen LogP contribution in [0.15, 0.2) is 6.08 Å². The molecule has 0 fully saturated rings. The van der Waals surface area contributed by atoms with Crippen molar-refractivity contribution in [1.29, 1.82) is 0 Å². The lowest BCUT2D eigenvalue weighted by atomic mass is 9.88. The normalized spacial score (nSPS) is 19.0. The van der Waals surface area contributed by atoms with Crippen LogP contribution in [0.2, 0.25) is 0 Å². The van der Waals surface area contributed by atoms with E-state index < -0.39 is 0 Å². The van der Waals surface area contributed by atoms with Gasteiger partial charge in [0, 0.05) is 18.1 Å². The molecule has 1 aromatic rings. The summed E-state index contributed by atoms with van der Waals surface area (Å²) in [6.45, 7) is 19.2. The Balaban J connectivity index is 1.84. The second-order valence-electron chi connectivity index (χ2n) is 11.6. The highest BCUT2D eigenvalue weighted by Crippen LogP contribution is 2.43. The van der Waals surface area contributed by atoms with Gasteiger partial charge < -0.3 is 9.47 Å². The second-order valence-corrected chi connectivity index (χ2v) is 11.6. The largest absolute Gasteiger partial charge is 0.483 e. The predicted molar refractivity (Wildman–Crippen MR) is 145 cm³/mol. The number of carbonyl (C=O) groups is 1. The summed E-state index contributed by atoms with van der Waals surface area (Å²) in [5.74, 6) is 3.79. The number of ether oxygens (including phenoxy) is 2. The van der Waals surface area contributed by atoms with Gasteiger partial charge in [0.05, 0.1) is 0 Å². The third-order valence-corrected chi connectivity index (χ3v) is 7.66. The average molecular weight is 471 g/mol. The van der Waals surface area contributed by atoms with Gasteiger partial charge in [-0.25, -0.2) is 0 Å². The van der Waals surface area contributed by atoms with Crippen LogP contribution in [0.5, 0.6) is 11.5 Å². The Morgan fingerprint density at radius 3 is 2.00 bits per heavy atom. The predicted octanol–water partition coefficient (Wildman–Crippen LogP) is 9.14. The number of carbonyl (C=O) groups excluding carboxylic acids is 1. The Bertz CT molecular complexity index is 851. The Labute approximate surface area is 209 Å². The topological polar surface area (TPSA) is 35.5 Å². The third-order valence-electron chi connectivity index (χ3n) is 7.66. The molecule has 2 rings (SSSR count). The van der Waals surface area contributed by atoms with Crippen LogP contribution in [0.4, 0.5) is 0 Å². The van der Waals surface area contributed by atoms with E-state index in [-0.39, 0.29) is 11.6 Å². The molecule has 0 aromatic heterocycles. The van der Waals surface area contributed by atoms with Crippen LogP contribution < -0.4 is 9.47 Å². The highest BCUT2D eigenvalue weighted by Gasteiger charge is 2.31. The number of benzene rings is 1. The summed E-state index contributed by atoms with van der Waals surface area (Å²) >= 11 is 0. The number of hydrogen-bond donors (Lipinski definition) is 0. The molecule has 1 aromatic carbocycles. The molecule has 1 heterocycles. The van der Waals surface area contributed by atoms with Gasteiger partial charge in [0.25, 0.3) is 0 Å². The Morgan fingerprint density at radius 1 is 0.882 bits per heavy atom. The van der Waals surface area contributed by atoms with E-state index in [9.17, 15) is 4.79 Å². The van der Waals surface area contributed by atoms with Gasteiger partial charge in [-0.15, -0.1) is 0 Å². The molecule has 192 valence electrons. The van der Waals surface area contributed by atoms with Gasteiger partial charge in [0.2, 0.25) is 0 Å². The van der Waals surface area contributed by atoms with Gasteiger partial charge in [0.1, 0.15) is 17.1 Å². The van der Waals surface area contributed by atoms with E-state index in [1.54, 1.807) is 0 Å². The lowest BCUT2D eigenvalue weighted by Gasteiger charge is -2.34. The maximum Gasteiger partial charge on any atom is 0.308 e. The zero-order valence-corrected chi connectivity index (χ0v) is 23.5. The summed E-state index contributed by atoms with van der Waals surface area (Å²) in [7, 11) is 0. The quantitative estimate of drug-likeness (QED) is 0.213. The van der Waals surface area contributed by atoms with Crippen molar-refractivity contribution in [3.05, 3.63) is 28.3 Å². The molecule has 0 N–H and O–H groups in total. The van der Waals surface area contributed by atoms with Crippen molar-refractivity contribution in [1.82, 2.24) is 0 Å². The van der Waals surface area contributed by atoms with Crippen LogP contribution in [0.3, 0.4) is 0 Å². The van der Waals surface area contributed by atoms with Crippen molar-refractivity contribution in [2.24, 2.45) is 17.8 Å². The minimum atomic E-state index is -0.287. The summed E-state index contributed by atoms with van der Waals surface area (Å²) in [6, 6.07) is 0. The van der Waals surface area contributed by atoms with Crippen molar-refractivity contribution in [3.63, 3.8) is 0 Å². The van der Waals surface area contributed by atoms with E-state index in [0.717, 1.165) is 52.2 Å². The van der Waals surface area contributed by atoms with E-state index in [1.807, 2.05) is 13.8 Å². The van der Waals surface area contributed by atoms with Gasteiger partial charge in [-0.2, -0.15) is 0 Å². The fourth-order valence-electron chi connectivity index (χ4n) is 5.19. The van der Waals surface area contributed by atoms with Gasteiger partial charge in [-0.05, 0) is 75.5 Å². The fourth-order valence-corrected chi connectivity index (χ4v) is 5.19. The molecule has 0 unspecified atom stereocenters. The molecule has 0 saturated heterocycles. The highest BCUT2D eigenvalue weighted by molar-refractivity contribution is 5.76. The second kappa shape index (κ2) is 12.8. The molecule has 0 amide bonds. The Kier molecular flexibility index (Phi) is 10.7. The molecule has 1 aliphatic heterocycles. The maximum absolute atomic E-state index is 11.6. The maximum atomic E-state index is 11.6. The average Bonchev–Trinajstić information content (AvgIpc) is 2.74. The first-order valence-corrected chi connectivity index (χ1v) is 13.6. The summed E-state index contributed by atoms with van der Waals surface area (Å²) in [5, 5.41) is 0. The Hall–Kier alpha value is -1.77. The van der Waals surface area contributed by atoms with Gasteiger partial charge in [-0.3, -0.25) is 4.79 Å². The van der Waals surface area contributed by atoms with E-state index in [4.69, 9.17) is 9.47 Å². The summed E-state index contributed by atoms with van der Waals surface area (Å²) in [6.07, 6.45) is 16.0. The molecule has 3 heteroatoms. The molecule has 34 heavy (non-hydrogen) atoms. The lowest BCUT2D eigenvalue weighted by Crippen LogP contribution is -2.32. The SMILES string of the molecule is CC(=O)Oc1c(C)c(C)c2c(c1C)C=C[C@@](C)(CCC[C@H](C)CCC[C@H](C)CCCC(C)C)O2. The molecule has 0 radical (unpaired) electrons. The van der Waals surface area contributed by atoms with Crippen molar-refractivity contribution >= 4 is 12.0 Å². The van der Waals surface area contributed by atoms with Crippen molar-refractivity contribution in [3.8, 4) is 11.5 Å².